The van der Waals surface area contributed by atoms with Crippen molar-refractivity contribution < 1.29 is 9.52 Å². The highest BCUT2D eigenvalue weighted by Crippen LogP contribution is 2.36. The third-order valence-electron chi connectivity index (χ3n) is 3.44. The third kappa shape index (κ3) is 1.79. The van der Waals surface area contributed by atoms with E-state index in [1.807, 2.05) is 6.07 Å². The van der Waals surface area contributed by atoms with Crippen LogP contribution in [0.1, 0.15) is 26.5 Å². The Bertz CT molecular complexity index is 307. The summed E-state index contributed by atoms with van der Waals surface area (Å²) in [6.07, 6.45) is 1.68. The van der Waals surface area contributed by atoms with Crippen LogP contribution in [0.25, 0.3) is 0 Å². The van der Waals surface area contributed by atoms with Crippen molar-refractivity contribution in [1.82, 2.24) is 0 Å². The van der Waals surface area contributed by atoms with E-state index in [1.54, 1.807) is 6.26 Å². The number of hydrogen-bond donors (Lipinski definition) is 1. The fourth-order valence-corrected chi connectivity index (χ4v) is 3.55. The van der Waals surface area contributed by atoms with Crippen molar-refractivity contribution >= 4 is 13.3 Å². The number of rotatable bonds is 2. The first-order valence-electron chi connectivity index (χ1n) is 4.98. The third-order valence-corrected chi connectivity index (χ3v) is 8.98. The van der Waals surface area contributed by atoms with E-state index in [2.05, 4.69) is 33.9 Å². The van der Waals surface area contributed by atoms with Crippen molar-refractivity contribution in [1.29, 1.82) is 0 Å². The molecule has 0 aromatic carbocycles. The van der Waals surface area contributed by atoms with Gasteiger partial charge in [-0.25, -0.2) is 0 Å². The van der Waals surface area contributed by atoms with Crippen molar-refractivity contribution in [3.8, 4) is 0 Å². The number of furan rings is 1. The minimum Gasteiger partial charge on any atom is -0.467 e. The summed E-state index contributed by atoms with van der Waals surface area (Å²) in [6, 6.07) is 2.02. The average molecular weight is 212 g/mol. The van der Waals surface area contributed by atoms with E-state index in [0.717, 1.165) is 5.76 Å². The summed E-state index contributed by atoms with van der Waals surface area (Å²) in [5.74, 6) is 0.747. The molecule has 0 spiro atoms. The first-order chi connectivity index (χ1) is 6.30. The van der Waals surface area contributed by atoms with E-state index >= 15 is 0 Å². The summed E-state index contributed by atoms with van der Waals surface area (Å²) in [5.41, 5.74) is 0. The lowest BCUT2D eigenvalue weighted by Crippen LogP contribution is -2.50. The van der Waals surface area contributed by atoms with E-state index in [-0.39, 0.29) is 11.6 Å². The molecule has 1 aromatic heterocycles. The van der Waals surface area contributed by atoms with Gasteiger partial charge in [0.2, 0.25) is 0 Å². The number of hydrogen-bond acceptors (Lipinski definition) is 2. The van der Waals surface area contributed by atoms with Crippen LogP contribution >= 0.6 is 0 Å². The molecule has 14 heavy (non-hydrogen) atoms. The van der Waals surface area contributed by atoms with E-state index < -0.39 is 8.07 Å². The first kappa shape index (κ1) is 11.5. The molecule has 0 fully saturated rings. The van der Waals surface area contributed by atoms with Gasteiger partial charge in [-0.3, -0.25) is 0 Å². The molecular weight excluding hydrogens is 192 g/mol. The van der Waals surface area contributed by atoms with Crippen LogP contribution in [0.15, 0.2) is 16.7 Å². The maximum absolute atomic E-state index is 9.16. The molecule has 0 unspecified atom stereocenters. The minimum absolute atomic E-state index is 0.00877. The van der Waals surface area contributed by atoms with E-state index in [9.17, 15) is 0 Å². The highest BCUT2D eigenvalue weighted by molar-refractivity contribution is 6.92. The lowest BCUT2D eigenvalue weighted by Gasteiger charge is -2.36. The molecule has 0 amide bonds. The Morgan fingerprint density at radius 3 is 2.36 bits per heavy atom. The first-order valence-corrected chi connectivity index (χ1v) is 7.98. The van der Waals surface area contributed by atoms with Crippen LogP contribution in [0, 0.1) is 0 Å². The minimum atomic E-state index is -1.55. The fourth-order valence-electron chi connectivity index (χ4n) is 1.42. The van der Waals surface area contributed by atoms with Crippen LogP contribution in [0.5, 0.6) is 0 Å². The van der Waals surface area contributed by atoms with Crippen LogP contribution in [0.4, 0.5) is 0 Å². The van der Waals surface area contributed by atoms with E-state index in [4.69, 9.17) is 9.52 Å². The molecule has 1 rings (SSSR count). The molecule has 3 heteroatoms. The van der Waals surface area contributed by atoms with Gasteiger partial charge in [-0.15, -0.1) is 0 Å². The van der Waals surface area contributed by atoms with Crippen molar-refractivity contribution in [3.05, 3.63) is 18.1 Å². The van der Waals surface area contributed by atoms with Crippen molar-refractivity contribution in [2.45, 2.75) is 45.5 Å². The molecule has 0 aliphatic heterocycles. The predicted molar refractivity (Wildman–Crippen MR) is 61.5 cm³/mol. The van der Waals surface area contributed by atoms with Gasteiger partial charge in [0.05, 0.1) is 14.3 Å². The quantitative estimate of drug-likeness (QED) is 0.764. The van der Waals surface area contributed by atoms with Gasteiger partial charge >= 0.3 is 0 Å². The van der Waals surface area contributed by atoms with E-state index in [0.29, 0.717) is 0 Å². The Morgan fingerprint density at radius 1 is 1.36 bits per heavy atom. The summed E-state index contributed by atoms with van der Waals surface area (Å²) < 4.78 is 5.28. The standard InChI is InChI=1S/C11H20O2Si/c1-11(2,3)14(4,5)10-6-7-13-9(10)8-12/h6-7,12H,8H2,1-5H3. The second-order valence-corrected chi connectivity index (χ2v) is 10.6. The normalized spacial score (nSPS) is 13.3. The maximum atomic E-state index is 9.16. The molecule has 1 aromatic rings. The summed E-state index contributed by atoms with van der Waals surface area (Å²) in [5, 5.41) is 10.7. The van der Waals surface area contributed by atoms with Gasteiger partial charge < -0.3 is 9.52 Å². The molecule has 2 nitrogen and oxygen atoms in total. The van der Waals surface area contributed by atoms with Gasteiger partial charge in [0.25, 0.3) is 0 Å². The highest BCUT2D eigenvalue weighted by Gasteiger charge is 2.39. The zero-order valence-corrected chi connectivity index (χ0v) is 10.7. The van der Waals surface area contributed by atoms with Crippen molar-refractivity contribution in [2.75, 3.05) is 0 Å². The fraction of sp³-hybridized carbons (Fsp3) is 0.636. The largest absolute Gasteiger partial charge is 0.467 e. The Hall–Kier alpha value is -0.543. The lowest BCUT2D eigenvalue weighted by atomic mass is 10.2. The molecule has 0 saturated carbocycles. The van der Waals surface area contributed by atoms with Crippen LogP contribution < -0.4 is 5.19 Å². The molecule has 0 saturated heterocycles. The second kappa shape index (κ2) is 3.55. The van der Waals surface area contributed by atoms with Gasteiger partial charge in [-0.1, -0.05) is 33.9 Å². The smallest absolute Gasteiger partial charge is 0.128 e. The Morgan fingerprint density at radius 2 is 1.93 bits per heavy atom. The van der Waals surface area contributed by atoms with Gasteiger partial charge in [-0.05, 0) is 16.3 Å². The zero-order valence-electron chi connectivity index (χ0n) is 9.72. The zero-order chi connectivity index (χ0) is 11.0. The maximum Gasteiger partial charge on any atom is 0.128 e. The molecule has 80 valence electrons. The van der Waals surface area contributed by atoms with Crippen molar-refractivity contribution in [3.63, 3.8) is 0 Å². The molecule has 0 aliphatic rings. The van der Waals surface area contributed by atoms with E-state index in [1.165, 1.54) is 5.19 Å². The van der Waals surface area contributed by atoms with Crippen LogP contribution in [-0.4, -0.2) is 13.2 Å². The second-order valence-electron chi connectivity index (χ2n) is 5.29. The van der Waals surface area contributed by atoms with Crippen LogP contribution in [0.3, 0.4) is 0 Å². The topological polar surface area (TPSA) is 33.4 Å². The molecule has 0 radical (unpaired) electrons. The van der Waals surface area contributed by atoms with Crippen LogP contribution in [0.2, 0.25) is 18.1 Å². The van der Waals surface area contributed by atoms with Gasteiger partial charge in [0, 0.05) is 0 Å². The highest BCUT2D eigenvalue weighted by atomic mass is 28.3. The predicted octanol–water partition coefficient (Wildman–Crippen LogP) is 2.49. The summed E-state index contributed by atoms with van der Waals surface area (Å²) >= 11 is 0. The van der Waals surface area contributed by atoms with Gasteiger partial charge in [-0.2, -0.15) is 0 Å². The monoisotopic (exact) mass is 212 g/mol. The molecule has 0 bridgehead atoms. The SMILES string of the molecule is CC(C)(C)[Si](C)(C)c1ccoc1CO. The Labute approximate surface area is 87.0 Å². The lowest BCUT2D eigenvalue weighted by molar-refractivity contribution is 0.248. The molecule has 0 atom stereocenters. The molecule has 1 N–H and O–H groups in total. The molecule has 0 aliphatic carbocycles. The molecular formula is C11H20O2Si. The number of aliphatic hydroxyl groups is 1. The van der Waals surface area contributed by atoms with Crippen molar-refractivity contribution in [2.24, 2.45) is 0 Å². The Balaban J connectivity index is 3.16. The summed E-state index contributed by atoms with van der Waals surface area (Å²) in [6.45, 7) is 11.4. The van der Waals surface area contributed by atoms with Gasteiger partial charge in [0.1, 0.15) is 12.4 Å². The number of aliphatic hydroxyl groups excluding tert-OH is 1. The Kier molecular flexibility index (Phi) is 2.93. The molecule has 1 heterocycles. The van der Waals surface area contributed by atoms with Crippen LogP contribution in [-0.2, 0) is 6.61 Å². The van der Waals surface area contributed by atoms with Gasteiger partial charge in [0.15, 0.2) is 0 Å². The average Bonchev–Trinajstić information content (AvgIpc) is 2.49. The summed E-state index contributed by atoms with van der Waals surface area (Å²) in [4.78, 5) is 0. The summed E-state index contributed by atoms with van der Waals surface area (Å²) in [7, 11) is -1.55.